The van der Waals surface area contributed by atoms with Gasteiger partial charge in [-0.15, -0.1) is 0 Å². The molecule has 2 rings (SSSR count). The Bertz CT molecular complexity index is 511. The molecule has 4 nitrogen and oxygen atoms in total. The van der Waals surface area contributed by atoms with Crippen molar-refractivity contribution >= 4 is 11.7 Å². The minimum Gasteiger partial charge on any atom is -0.383 e. The third-order valence-corrected chi connectivity index (χ3v) is 3.70. The molecule has 0 bridgehead atoms. The van der Waals surface area contributed by atoms with Gasteiger partial charge in [-0.25, -0.2) is 9.18 Å². The van der Waals surface area contributed by atoms with E-state index in [1.54, 1.807) is 0 Å². The van der Waals surface area contributed by atoms with Crippen molar-refractivity contribution in [3.63, 3.8) is 0 Å². The van der Waals surface area contributed by atoms with Crippen molar-refractivity contribution in [1.29, 1.82) is 0 Å². The Balaban J connectivity index is 1.86. The van der Waals surface area contributed by atoms with E-state index in [9.17, 15) is 27.5 Å². The largest absolute Gasteiger partial charge is 0.414 e. The number of nitrogens with one attached hydrogen (secondary N) is 1. The van der Waals surface area contributed by atoms with E-state index in [0.717, 1.165) is 0 Å². The molecule has 1 aliphatic heterocycles. The first-order chi connectivity index (χ1) is 10.3. The molecule has 1 aromatic rings. The zero-order chi connectivity index (χ0) is 16.3. The van der Waals surface area contributed by atoms with Gasteiger partial charge in [-0.3, -0.25) is 0 Å². The summed E-state index contributed by atoms with van der Waals surface area (Å²) in [6, 6.07) is 4.73. The summed E-state index contributed by atoms with van der Waals surface area (Å²) in [4.78, 5) is 13.3. The number of carbonyl (C=O) groups is 1. The van der Waals surface area contributed by atoms with Gasteiger partial charge in [-0.1, -0.05) is 0 Å². The van der Waals surface area contributed by atoms with E-state index in [2.05, 4.69) is 5.32 Å². The predicted octanol–water partition coefficient (Wildman–Crippen LogP) is 2.99. The topological polar surface area (TPSA) is 52.6 Å². The molecule has 0 saturated carbocycles. The van der Waals surface area contributed by atoms with Gasteiger partial charge in [0.1, 0.15) is 5.82 Å². The molecule has 8 heteroatoms. The van der Waals surface area contributed by atoms with Crippen LogP contribution < -0.4 is 5.32 Å². The van der Waals surface area contributed by atoms with Crippen molar-refractivity contribution in [2.45, 2.75) is 25.1 Å². The van der Waals surface area contributed by atoms with Gasteiger partial charge in [0.05, 0.1) is 0 Å². The highest BCUT2D eigenvalue weighted by molar-refractivity contribution is 5.89. The molecule has 1 fully saturated rings. The molecule has 0 aliphatic carbocycles. The summed E-state index contributed by atoms with van der Waals surface area (Å²) in [5, 5.41) is 11.8. The van der Waals surface area contributed by atoms with E-state index >= 15 is 0 Å². The molecule has 2 N–H and O–H groups in total. The maximum Gasteiger partial charge on any atom is 0.414 e. The van der Waals surface area contributed by atoms with Crippen LogP contribution in [-0.2, 0) is 0 Å². The number of nitrogens with zero attached hydrogens (tertiary/aromatic N) is 1. The normalized spacial score (nSPS) is 18.1. The van der Waals surface area contributed by atoms with Crippen molar-refractivity contribution < 1.29 is 27.5 Å². The molecule has 0 aromatic heterocycles. The van der Waals surface area contributed by atoms with Crippen LogP contribution in [0.2, 0.25) is 0 Å². The van der Waals surface area contributed by atoms with Gasteiger partial charge in [-0.2, -0.15) is 13.2 Å². The number of urea groups is 1. The van der Waals surface area contributed by atoms with Gasteiger partial charge in [-0.05, 0) is 43.0 Å². The maximum atomic E-state index is 12.8. The van der Waals surface area contributed by atoms with E-state index in [1.807, 2.05) is 0 Å². The van der Waals surface area contributed by atoms with Crippen molar-refractivity contribution in [3.05, 3.63) is 30.1 Å². The van der Waals surface area contributed by atoms with E-state index in [-0.39, 0.29) is 25.9 Å². The minimum atomic E-state index is -4.64. The number of likely N-dealkylation sites (tertiary alicyclic amines) is 1. The molecule has 122 valence electrons. The highest BCUT2D eigenvalue weighted by Crippen LogP contribution is 2.31. The first-order valence-corrected chi connectivity index (χ1v) is 6.83. The van der Waals surface area contributed by atoms with Crippen LogP contribution in [0.4, 0.5) is 28.0 Å². The second-order valence-electron chi connectivity index (χ2n) is 5.25. The Kier molecular flexibility index (Phi) is 4.90. The van der Waals surface area contributed by atoms with Crippen molar-refractivity contribution in [2.75, 3.05) is 18.4 Å². The van der Waals surface area contributed by atoms with Crippen LogP contribution in [0.25, 0.3) is 0 Å². The van der Waals surface area contributed by atoms with Crippen LogP contribution >= 0.6 is 0 Å². The maximum absolute atomic E-state index is 12.8. The molecule has 1 saturated heterocycles. The van der Waals surface area contributed by atoms with Crippen LogP contribution in [-0.4, -0.2) is 41.4 Å². The summed E-state index contributed by atoms with van der Waals surface area (Å²) >= 11 is 0. The number of amides is 2. The van der Waals surface area contributed by atoms with E-state index in [4.69, 9.17) is 0 Å². The standard InChI is InChI=1S/C14H16F4N2O2/c15-10-1-3-11(4-2-10)19-13(22)20-7-5-9(6-8-20)12(21)14(16,17)18/h1-4,9,12,21H,5-8H2,(H,19,22). The van der Waals surface area contributed by atoms with Gasteiger partial charge < -0.3 is 15.3 Å². The van der Waals surface area contributed by atoms with Crippen LogP contribution in [0.15, 0.2) is 24.3 Å². The number of aliphatic hydroxyl groups excluding tert-OH is 1. The van der Waals surface area contributed by atoms with Gasteiger partial charge >= 0.3 is 12.2 Å². The molecule has 1 unspecified atom stereocenters. The fraction of sp³-hybridized carbons (Fsp3) is 0.500. The molecular weight excluding hydrogens is 304 g/mol. The fourth-order valence-electron chi connectivity index (χ4n) is 2.42. The average molecular weight is 320 g/mol. The third kappa shape index (κ3) is 4.09. The summed E-state index contributed by atoms with van der Waals surface area (Å²) in [6.07, 6.45) is -6.83. The van der Waals surface area contributed by atoms with Crippen LogP contribution in [0, 0.1) is 11.7 Å². The lowest BCUT2D eigenvalue weighted by atomic mass is 9.91. The number of alkyl halides is 3. The molecule has 2 amide bonds. The highest BCUT2D eigenvalue weighted by Gasteiger charge is 2.44. The minimum absolute atomic E-state index is 0.0809. The number of anilines is 1. The molecule has 0 radical (unpaired) electrons. The molecule has 22 heavy (non-hydrogen) atoms. The Labute approximate surface area is 124 Å². The van der Waals surface area contributed by atoms with Gasteiger partial charge in [0.25, 0.3) is 0 Å². The smallest absolute Gasteiger partial charge is 0.383 e. The Morgan fingerprint density at radius 2 is 1.77 bits per heavy atom. The number of rotatable bonds is 2. The molecule has 0 spiro atoms. The Hall–Kier alpha value is -1.83. The Morgan fingerprint density at radius 1 is 1.23 bits per heavy atom. The van der Waals surface area contributed by atoms with Crippen LogP contribution in [0.3, 0.4) is 0 Å². The number of aliphatic hydroxyl groups is 1. The van der Waals surface area contributed by atoms with Crippen molar-refractivity contribution in [2.24, 2.45) is 5.92 Å². The van der Waals surface area contributed by atoms with Gasteiger partial charge in [0.2, 0.25) is 0 Å². The monoisotopic (exact) mass is 320 g/mol. The molecule has 1 heterocycles. The summed E-state index contributed by atoms with van der Waals surface area (Å²) in [7, 11) is 0. The number of carbonyl (C=O) groups excluding carboxylic acids is 1. The lowest BCUT2D eigenvalue weighted by Crippen LogP contribution is -2.46. The lowest BCUT2D eigenvalue weighted by molar-refractivity contribution is -0.222. The summed E-state index contributed by atoms with van der Waals surface area (Å²) < 4.78 is 50.1. The first kappa shape index (κ1) is 16.5. The summed E-state index contributed by atoms with van der Waals surface area (Å²) in [5.41, 5.74) is 0.406. The van der Waals surface area contributed by atoms with E-state index in [1.165, 1.54) is 29.2 Å². The number of benzene rings is 1. The van der Waals surface area contributed by atoms with E-state index in [0.29, 0.717) is 5.69 Å². The lowest BCUT2D eigenvalue weighted by Gasteiger charge is -2.34. The quantitative estimate of drug-likeness (QED) is 0.823. The second-order valence-corrected chi connectivity index (χ2v) is 5.25. The summed E-state index contributed by atoms with van der Waals surface area (Å²) in [5.74, 6) is -1.32. The number of piperidine rings is 1. The number of halogens is 4. The zero-order valence-electron chi connectivity index (χ0n) is 11.6. The first-order valence-electron chi connectivity index (χ1n) is 6.83. The number of hydrogen-bond acceptors (Lipinski definition) is 2. The van der Waals surface area contributed by atoms with Crippen LogP contribution in [0.5, 0.6) is 0 Å². The highest BCUT2D eigenvalue weighted by atomic mass is 19.4. The Morgan fingerprint density at radius 3 is 2.27 bits per heavy atom. The predicted molar refractivity (Wildman–Crippen MR) is 71.8 cm³/mol. The van der Waals surface area contributed by atoms with Crippen molar-refractivity contribution in [3.8, 4) is 0 Å². The van der Waals surface area contributed by atoms with Crippen LogP contribution in [0.1, 0.15) is 12.8 Å². The average Bonchev–Trinajstić information content (AvgIpc) is 2.48. The second kappa shape index (κ2) is 6.51. The van der Waals surface area contributed by atoms with Crippen molar-refractivity contribution in [1.82, 2.24) is 4.90 Å². The fourth-order valence-corrected chi connectivity index (χ4v) is 2.42. The van der Waals surface area contributed by atoms with Gasteiger partial charge in [0, 0.05) is 18.8 Å². The summed E-state index contributed by atoms with van der Waals surface area (Å²) in [6.45, 7) is 0.260. The zero-order valence-corrected chi connectivity index (χ0v) is 11.6. The molecular formula is C14H16F4N2O2. The van der Waals surface area contributed by atoms with Gasteiger partial charge in [0.15, 0.2) is 6.10 Å². The SMILES string of the molecule is O=C(Nc1ccc(F)cc1)N1CCC(C(O)C(F)(F)F)CC1. The number of hydrogen-bond donors (Lipinski definition) is 2. The molecule has 1 atom stereocenters. The third-order valence-electron chi connectivity index (χ3n) is 3.70. The molecule has 1 aliphatic rings. The van der Waals surface area contributed by atoms with E-state index < -0.39 is 30.0 Å². The molecule has 1 aromatic carbocycles.